The van der Waals surface area contributed by atoms with E-state index in [0.717, 1.165) is 30.1 Å². The van der Waals surface area contributed by atoms with Gasteiger partial charge in [-0.1, -0.05) is 6.92 Å². The number of thiazole rings is 1. The van der Waals surface area contributed by atoms with Gasteiger partial charge in [-0.2, -0.15) is 0 Å². The lowest BCUT2D eigenvalue weighted by Gasteiger charge is -2.21. The molecule has 0 amide bonds. The van der Waals surface area contributed by atoms with Gasteiger partial charge in [-0.3, -0.25) is 0 Å². The summed E-state index contributed by atoms with van der Waals surface area (Å²) in [6.45, 7) is 4.14. The first-order valence-electron chi connectivity index (χ1n) is 7.24. The number of likely N-dealkylation sites (N-methyl/N-ethyl adjacent to an activating group) is 1. The second kappa shape index (κ2) is 6.02. The molecule has 0 saturated carbocycles. The predicted octanol–water partition coefficient (Wildman–Crippen LogP) is 3.98. The van der Waals surface area contributed by atoms with E-state index in [4.69, 9.17) is 4.98 Å². The third kappa shape index (κ3) is 2.76. The molecule has 1 aromatic carbocycles. The van der Waals surface area contributed by atoms with E-state index >= 15 is 0 Å². The third-order valence-corrected chi connectivity index (χ3v) is 4.98. The SMILES string of the molecule is CCNCC1CCCc2sc(-c3ccc(F)cc3)nc21. The van der Waals surface area contributed by atoms with Crippen molar-refractivity contribution < 1.29 is 4.39 Å². The van der Waals surface area contributed by atoms with E-state index in [1.807, 2.05) is 12.1 Å². The minimum absolute atomic E-state index is 0.194. The van der Waals surface area contributed by atoms with E-state index in [-0.39, 0.29) is 5.82 Å². The Morgan fingerprint density at radius 2 is 2.15 bits per heavy atom. The van der Waals surface area contributed by atoms with Gasteiger partial charge in [0.15, 0.2) is 0 Å². The molecule has 4 heteroatoms. The van der Waals surface area contributed by atoms with Gasteiger partial charge in [0.25, 0.3) is 0 Å². The monoisotopic (exact) mass is 290 g/mol. The van der Waals surface area contributed by atoms with Gasteiger partial charge in [-0.25, -0.2) is 9.37 Å². The minimum Gasteiger partial charge on any atom is -0.316 e. The molecule has 1 N–H and O–H groups in total. The van der Waals surface area contributed by atoms with E-state index in [1.54, 1.807) is 11.3 Å². The second-order valence-electron chi connectivity index (χ2n) is 5.23. The molecule has 3 rings (SSSR count). The largest absolute Gasteiger partial charge is 0.316 e. The number of rotatable bonds is 4. The van der Waals surface area contributed by atoms with Gasteiger partial charge in [0.2, 0.25) is 0 Å². The Morgan fingerprint density at radius 3 is 2.90 bits per heavy atom. The van der Waals surface area contributed by atoms with Gasteiger partial charge in [0.05, 0.1) is 5.69 Å². The van der Waals surface area contributed by atoms with Gasteiger partial charge < -0.3 is 5.32 Å². The fourth-order valence-electron chi connectivity index (χ4n) is 2.74. The van der Waals surface area contributed by atoms with Crippen LogP contribution in [0.3, 0.4) is 0 Å². The summed E-state index contributed by atoms with van der Waals surface area (Å²) in [4.78, 5) is 6.26. The number of fused-ring (bicyclic) bond motifs is 1. The summed E-state index contributed by atoms with van der Waals surface area (Å²) in [7, 11) is 0. The molecule has 0 fully saturated rings. The summed E-state index contributed by atoms with van der Waals surface area (Å²) in [5, 5.41) is 4.46. The van der Waals surface area contributed by atoms with Crippen LogP contribution in [0.4, 0.5) is 4.39 Å². The van der Waals surface area contributed by atoms with E-state index in [2.05, 4.69) is 12.2 Å². The topological polar surface area (TPSA) is 24.9 Å². The number of benzene rings is 1. The smallest absolute Gasteiger partial charge is 0.123 e. The van der Waals surface area contributed by atoms with Crippen LogP contribution in [0.15, 0.2) is 24.3 Å². The molecule has 1 heterocycles. The van der Waals surface area contributed by atoms with E-state index in [0.29, 0.717) is 5.92 Å². The lowest BCUT2D eigenvalue weighted by Crippen LogP contribution is -2.23. The average molecular weight is 290 g/mol. The molecule has 0 spiro atoms. The Balaban J connectivity index is 1.88. The van der Waals surface area contributed by atoms with E-state index in [9.17, 15) is 4.39 Å². The standard InChI is InChI=1S/C16H19FN2S/c1-2-18-10-12-4-3-5-14-15(12)19-16(20-14)11-6-8-13(17)9-7-11/h6-9,12,18H,2-5,10H2,1H3. The summed E-state index contributed by atoms with van der Waals surface area (Å²) in [6, 6.07) is 6.65. The number of aryl methyl sites for hydroxylation is 1. The Morgan fingerprint density at radius 1 is 1.35 bits per heavy atom. The lowest BCUT2D eigenvalue weighted by molar-refractivity contribution is 0.509. The highest BCUT2D eigenvalue weighted by atomic mass is 32.1. The van der Waals surface area contributed by atoms with Gasteiger partial charge in [-0.15, -0.1) is 11.3 Å². The fraction of sp³-hybridized carbons (Fsp3) is 0.438. The number of hydrogen-bond acceptors (Lipinski definition) is 3. The summed E-state index contributed by atoms with van der Waals surface area (Å²) in [5.74, 6) is 0.337. The minimum atomic E-state index is -0.194. The van der Waals surface area contributed by atoms with Crippen molar-refractivity contribution in [3.8, 4) is 10.6 Å². The molecule has 0 saturated heterocycles. The first-order chi connectivity index (χ1) is 9.78. The first-order valence-corrected chi connectivity index (χ1v) is 8.06. The van der Waals surface area contributed by atoms with Crippen LogP contribution >= 0.6 is 11.3 Å². The molecule has 1 aliphatic rings. The van der Waals surface area contributed by atoms with Crippen molar-refractivity contribution in [3.05, 3.63) is 40.7 Å². The van der Waals surface area contributed by atoms with Crippen LogP contribution in [0.5, 0.6) is 0 Å². The maximum atomic E-state index is 13.0. The van der Waals surface area contributed by atoms with Gasteiger partial charge >= 0.3 is 0 Å². The maximum Gasteiger partial charge on any atom is 0.123 e. The van der Waals surface area contributed by atoms with Crippen molar-refractivity contribution in [2.45, 2.75) is 32.1 Å². The number of nitrogens with zero attached hydrogens (tertiary/aromatic N) is 1. The Kier molecular flexibility index (Phi) is 4.13. The summed E-state index contributed by atoms with van der Waals surface area (Å²) in [6.07, 6.45) is 3.59. The number of halogens is 1. The maximum absolute atomic E-state index is 13.0. The van der Waals surface area contributed by atoms with Crippen molar-refractivity contribution in [1.29, 1.82) is 0 Å². The molecule has 0 bridgehead atoms. The van der Waals surface area contributed by atoms with Crippen LogP contribution in [-0.4, -0.2) is 18.1 Å². The highest BCUT2D eigenvalue weighted by Crippen LogP contribution is 2.37. The quantitative estimate of drug-likeness (QED) is 0.921. The molecule has 2 nitrogen and oxygen atoms in total. The zero-order chi connectivity index (χ0) is 13.9. The van der Waals surface area contributed by atoms with E-state index < -0.39 is 0 Å². The third-order valence-electron chi connectivity index (χ3n) is 3.80. The highest BCUT2D eigenvalue weighted by Gasteiger charge is 2.24. The molecule has 1 unspecified atom stereocenters. The van der Waals surface area contributed by atoms with Crippen molar-refractivity contribution in [2.24, 2.45) is 0 Å². The molecular formula is C16H19FN2S. The Labute approximate surface area is 123 Å². The molecule has 2 aromatic rings. The summed E-state index contributed by atoms with van der Waals surface area (Å²) in [5.41, 5.74) is 2.29. The zero-order valence-electron chi connectivity index (χ0n) is 11.7. The molecule has 0 radical (unpaired) electrons. The molecule has 1 aliphatic carbocycles. The molecular weight excluding hydrogens is 271 g/mol. The van der Waals surface area contributed by atoms with Gasteiger partial charge in [-0.05, 0) is 50.1 Å². The Bertz CT molecular complexity index is 577. The zero-order valence-corrected chi connectivity index (χ0v) is 12.5. The normalized spacial score (nSPS) is 18.0. The fourth-order valence-corrected chi connectivity index (χ4v) is 3.94. The predicted molar refractivity (Wildman–Crippen MR) is 81.7 cm³/mol. The first kappa shape index (κ1) is 13.7. The molecule has 0 aliphatic heterocycles. The second-order valence-corrected chi connectivity index (χ2v) is 6.31. The molecule has 106 valence electrons. The molecule has 1 aromatic heterocycles. The number of aromatic nitrogens is 1. The van der Waals surface area contributed by atoms with Crippen molar-refractivity contribution in [3.63, 3.8) is 0 Å². The Hall–Kier alpha value is -1.26. The van der Waals surface area contributed by atoms with Crippen LogP contribution in [-0.2, 0) is 6.42 Å². The van der Waals surface area contributed by atoms with Gasteiger partial charge in [0.1, 0.15) is 10.8 Å². The van der Waals surface area contributed by atoms with Crippen LogP contribution in [0, 0.1) is 5.82 Å². The van der Waals surface area contributed by atoms with Crippen LogP contribution in [0.25, 0.3) is 10.6 Å². The summed E-state index contributed by atoms with van der Waals surface area (Å²) < 4.78 is 13.0. The van der Waals surface area contributed by atoms with Crippen molar-refractivity contribution in [2.75, 3.05) is 13.1 Å². The molecule has 1 atom stereocenters. The van der Waals surface area contributed by atoms with Gasteiger partial charge in [0, 0.05) is 22.9 Å². The average Bonchev–Trinajstić information content (AvgIpc) is 2.90. The van der Waals surface area contributed by atoms with Crippen molar-refractivity contribution in [1.82, 2.24) is 10.3 Å². The molecule has 20 heavy (non-hydrogen) atoms. The number of nitrogens with one attached hydrogen (secondary N) is 1. The highest BCUT2D eigenvalue weighted by molar-refractivity contribution is 7.15. The van der Waals surface area contributed by atoms with E-state index in [1.165, 1.54) is 35.5 Å². The van der Waals surface area contributed by atoms with Crippen LogP contribution in [0.1, 0.15) is 36.3 Å². The van der Waals surface area contributed by atoms with Crippen LogP contribution < -0.4 is 5.32 Å². The van der Waals surface area contributed by atoms with Crippen LogP contribution in [0.2, 0.25) is 0 Å². The lowest BCUT2D eigenvalue weighted by atomic mass is 9.91. The number of hydrogen-bond donors (Lipinski definition) is 1. The van der Waals surface area contributed by atoms with Crippen molar-refractivity contribution >= 4 is 11.3 Å². The summed E-state index contributed by atoms with van der Waals surface area (Å²) >= 11 is 1.77.